The summed E-state index contributed by atoms with van der Waals surface area (Å²) in [6.07, 6.45) is 6.57. The summed E-state index contributed by atoms with van der Waals surface area (Å²) >= 11 is 5.08. The molecule has 0 N–H and O–H groups in total. The molecule has 4 heteroatoms. The molecule has 1 aromatic rings. The highest BCUT2D eigenvalue weighted by Gasteiger charge is 2.25. The predicted molar refractivity (Wildman–Crippen MR) is 57.4 cm³/mol. The Labute approximate surface area is 90.2 Å². The summed E-state index contributed by atoms with van der Waals surface area (Å²) in [6, 6.07) is 1.91. The van der Waals surface area contributed by atoms with Gasteiger partial charge in [0.15, 0.2) is 5.75 Å². The first-order valence-corrected chi connectivity index (χ1v) is 6.18. The molecule has 0 spiro atoms. The third-order valence-corrected chi connectivity index (χ3v) is 3.13. The van der Waals surface area contributed by atoms with Crippen LogP contribution in [0.1, 0.15) is 12.8 Å². The zero-order valence-corrected chi connectivity index (χ0v) is 9.69. The molecule has 2 rings (SSSR count). The molecule has 1 aliphatic carbocycles. The first-order valence-electron chi connectivity index (χ1n) is 4.16. The lowest BCUT2D eigenvalue weighted by Gasteiger charge is -2.09. The first kappa shape index (κ1) is 9.34. The van der Waals surface area contributed by atoms with E-state index < -0.39 is 0 Å². The van der Waals surface area contributed by atoms with Gasteiger partial charge >= 0.3 is 0 Å². The van der Waals surface area contributed by atoms with Crippen LogP contribution in [0.15, 0.2) is 21.8 Å². The molecule has 0 saturated heterocycles. The summed E-state index contributed by atoms with van der Waals surface area (Å²) in [5.74, 6) is 0.900. The summed E-state index contributed by atoms with van der Waals surface area (Å²) in [7, 11) is 0. The lowest BCUT2D eigenvalue weighted by Crippen LogP contribution is -1.99. The molecule has 0 radical (unpaired) electrons. The molecule has 70 valence electrons. The number of hydrogen-bond donors (Lipinski definition) is 0. The van der Waals surface area contributed by atoms with Gasteiger partial charge in [0.2, 0.25) is 0 Å². The van der Waals surface area contributed by atoms with Gasteiger partial charge in [0, 0.05) is 6.20 Å². The molecule has 0 atom stereocenters. The van der Waals surface area contributed by atoms with E-state index in [-0.39, 0.29) is 0 Å². The maximum absolute atomic E-state index is 5.75. The van der Waals surface area contributed by atoms with E-state index in [0.29, 0.717) is 6.10 Å². The second kappa shape index (κ2) is 3.88. The van der Waals surface area contributed by atoms with Gasteiger partial charge in [0.25, 0.3) is 0 Å². The van der Waals surface area contributed by atoms with E-state index in [9.17, 15) is 0 Å². The van der Waals surface area contributed by atoms with E-state index in [1.165, 1.54) is 12.8 Å². The number of hydrogen-bond acceptors (Lipinski definition) is 3. The maximum atomic E-state index is 5.75. The Morgan fingerprint density at radius 2 is 2.38 bits per heavy atom. The van der Waals surface area contributed by atoms with Crippen molar-refractivity contribution in [2.45, 2.75) is 24.0 Å². The average molecular weight is 260 g/mol. The summed E-state index contributed by atoms with van der Waals surface area (Å²) in [4.78, 5) is 4.25. The minimum atomic E-state index is 0.423. The molecule has 1 saturated carbocycles. The molecule has 0 bridgehead atoms. The molecular formula is C9H10BrNOS. The molecule has 2 nitrogen and oxygen atoms in total. The van der Waals surface area contributed by atoms with Crippen molar-refractivity contribution in [2.75, 3.05) is 6.26 Å². The Morgan fingerprint density at radius 3 is 3.00 bits per heavy atom. The quantitative estimate of drug-likeness (QED) is 0.779. The first-order chi connectivity index (χ1) is 6.31. The van der Waals surface area contributed by atoms with Crippen LogP contribution in [0.3, 0.4) is 0 Å². The third-order valence-electron chi connectivity index (χ3n) is 1.83. The lowest BCUT2D eigenvalue weighted by atomic mass is 10.4. The molecule has 0 aromatic carbocycles. The Hall–Kier alpha value is -0.220. The van der Waals surface area contributed by atoms with Crippen LogP contribution in [0.4, 0.5) is 0 Å². The maximum Gasteiger partial charge on any atom is 0.166 e. The van der Waals surface area contributed by atoms with Crippen LogP contribution >= 0.6 is 27.7 Å². The Morgan fingerprint density at radius 1 is 1.62 bits per heavy atom. The number of thioether (sulfide) groups is 1. The van der Waals surface area contributed by atoms with Crippen LogP contribution < -0.4 is 4.74 Å². The molecule has 1 fully saturated rings. The predicted octanol–water partition coefficient (Wildman–Crippen LogP) is 3.11. The second-order valence-corrected chi connectivity index (χ2v) is 4.60. The molecule has 1 aromatic heterocycles. The molecule has 0 amide bonds. The topological polar surface area (TPSA) is 22.1 Å². The third kappa shape index (κ3) is 2.17. The monoisotopic (exact) mass is 259 g/mol. The van der Waals surface area contributed by atoms with Crippen LogP contribution in [-0.2, 0) is 0 Å². The Balaban J connectivity index is 2.27. The van der Waals surface area contributed by atoms with E-state index >= 15 is 0 Å². The van der Waals surface area contributed by atoms with Gasteiger partial charge in [-0.3, -0.25) is 0 Å². The van der Waals surface area contributed by atoms with Crippen molar-refractivity contribution >= 4 is 27.7 Å². The fourth-order valence-electron chi connectivity index (χ4n) is 1.01. The van der Waals surface area contributed by atoms with Crippen LogP contribution in [0.25, 0.3) is 0 Å². The van der Waals surface area contributed by atoms with E-state index in [1.807, 2.05) is 12.3 Å². The SMILES string of the molecule is CSc1nccc(Br)c1OC1CC1. The second-order valence-electron chi connectivity index (χ2n) is 2.95. The standard InChI is InChI=1S/C9H10BrNOS/c1-13-9-8(12-6-2-3-6)7(10)4-5-11-9/h4-6H,2-3H2,1H3. The highest BCUT2D eigenvalue weighted by Crippen LogP contribution is 2.37. The minimum Gasteiger partial charge on any atom is -0.486 e. The van der Waals surface area contributed by atoms with Gasteiger partial charge in [0.05, 0.1) is 10.6 Å². The van der Waals surface area contributed by atoms with Crippen LogP contribution in [0.2, 0.25) is 0 Å². The number of ether oxygens (including phenoxy) is 1. The van der Waals surface area contributed by atoms with Gasteiger partial charge < -0.3 is 4.74 Å². The van der Waals surface area contributed by atoms with Crippen molar-refractivity contribution in [3.63, 3.8) is 0 Å². The van der Waals surface area contributed by atoms with E-state index in [4.69, 9.17) is 4.74 Å². The smallest absolute Gasteiger partial charge is 0.166 e. The van der Waals surface area contributed by atoms with E-state index in [0.717, 1.165) is 15.2 Å². The van der Waals surface area contributed by atoms with Gasteiger partial charge in [-0.1, -0.05) is 0 Å². The molecule has 1 heterocycles. The Bertz CT molecular complexity index is 314. The lowest BCUT2D eigenvalue weighted by molar-refractivity contribution is 0.291. The van der Waals surface area contributed by atoms with E-state index in [1.54, 1.807) is 18.0 Å². The normalized spacial score (nSPS) is 15.8. The van der Waals surface area contributed by atoms with Crippen molar-refractivity contribution < 1.29 is 4.74 Å². The largest absolute Gasteiger partial charge is 0.486 e. The molecule has 1 aliphatic rings. The number of halogens is 1. The van der Waals surface area contributed by atoms with Crippen molar-refractivity contribution in [1.82, 2.24) is 4.98 Å². The summed E-state index contributed by atoms with van der Waals surface area (Å²) in [5.41, 5.74) is 0. The summed E-state index contributed by atoms with van der Waals surface area (Å²) in [5, 5.41) is 0.960. The van der Waals surface area contributed by atoms with Gasteiger partial charge in [-0.05, 0) is 41.1 Å². The zero-order chi connectivity index (χ0) is 9.26. The molecular weight excluding hydrogens is 250 g/mol. The average Bonchev–Trinajstić information content (AvgIpc) is 2.92. The number of aromatic nitrogens is 1. The Kier molecular flexibility index (Phi) is 2.79. The van der Waals surface area contributed by atoms with Gasteiger partial charge in [-0.2, -0.15) is 0 Å². The highest BCUT2D eigenvalue weighted by atomic mass is 79.9. The van der Waals surface area contributed by atoms with Gasteiger partial charge in [0.1, 0.15) is 5.03 Å². The highest BCUT2D eigenvalue weighted by molar-refractivity contribution is 9.10. The van der Waals surface area contributed by atoms with Crippen LogP contribution in [0.5, 0.6) is 5.75 Å². The fraction of sp³-hybridized carbons (Fsp3) is 0.444. The van der Waals surface area contributed by atoms with Gasteiger partial charge in [-0.25, -0.2) is 4.98 Å². The van der Waals surface area contributed by atoms with Crippen LogP contribution in [0, 0.1) is 0 Å². The zero-order valence-electron chi connectivity index (χ0n) is 7.29. The fourth-order valence-corrected chi connectivity index (χ4v) is 2.05. The van der Waals surface area contributed by atoms with Crippen molar-refractivity contribution in [1.29, 1.82) is 0 Å². The van der Waals surface area contributed by atoms with E-state index in [2.05, 4.69) is 20.9 Å². The number of pyridine rings is 1. The van der Waals surface area contributed by atoms with Gasteiger partial charge in [-0.15, -0.1) is 11.8 Å². The minimum absolute atomic E-state index is 0.423. The molecule has 13 heavy (non-hydrogen) atoms. The number of rotatable bonds is 3. The van der Waals surface area contributed by atoms with Crippen molar-refractivity contribution in [3.8, 4) is 5.75 Å². The number of nitrogens with zero attached hydrogens (tertiary/aromatic N) is 1. The molecule has 0 aliphatic heterocycles. The van der Waals surface area contributed by atoms with Crippen LogP contribution in [-0.4, -0.2) is 17.3 Å². The summed E-state index contributed by atoms with van der Waals surface area (Å²) in [6.45, 7) is 0. The summed E-state index contributed by atoms with van der Waals surface area (Å²) < 4.78 is 6.75. The van der Waals surface area contributed by atoms with Crippen molar-refractivity contribution in [2.24, 2.45) is 0 Å². The molecule has 0 unspecified atom stereocenters. The van der Waals surface area contributed by atoms with Crippen molar-refractivity contribution in [3.05, 3.63) is 16.7 Å².